The Labute approximate surface area is 203 Å². The molecule has 3 aromatic heterocycles. The largest absolute Gasteiger partial charge is 0.504 e. The zero-order chi connectivity index (χ0) is 24.5. The van der Waals surface area contributed by atoms with Crippen LogP contribution in [0.4, 0.5) is 11.5 Å². The number of nitro groups is 1. The molecule has 0 saturated heterocycles. The molecule has 0 aliphatic heterocycles. The van der Waals surface area contributed by atoms with Gasteiger partial charge >= 0.3 is 0 Å². The normalized spacial score (nSPS) is 11.4. The molecule has 35 heavy (non-hydrogen) atoms. The monoisotopic (exact) mass is 488 g/mol. The lowest BCUT2D eigenvalue weighted by atomic mass is 10.1. The predicted molar refractivity (Wildman–Crippen MR) is 132 cm³/mol. The fourth-order valence-corrected chi connectivity index (χ4v) is 3.82. The summed E-state index contributed by atoms with van der Waals surface area (Å²) >= 11 is 5.91. The summed E-state index contributed by atoms with van der Waals surface area (Å²) in [5.74, 6) is 1.77. The van der Waals surface area contributed by atoms with Gasteiger partial charge < -0.3 is 14.3 Å². The van der Waals surface area contributed by atoms with Gasteiger partial charge in [0.15, 0.2) is 17.3 Å². The molecule has 9 nitrogen and oxygen atoms in total. The maximum Gasteiger partial charge on any atom is 0.288 e. The summed E-state index contributed by atoms with van der Waals surface area (Å²) in [7, 11) is 1.48. The smallest absolute Gasteiger partial charge is 0.288 e. The minimum absolute atomic E-state index is 0.0237. The van der Waals surface area contributed by atoms with E-state index < -0.39 is 4.92 Å². The van der Waals surface area contributed by atoms with Gasteiger partial charge in [-0.05, 0) is 54.6 Å². The van der Waals surface area contributed by atoms with Crippen molar-refractivity contribution in [2.75, 3.05) is 7.11 Å². The molecule has 0 amide bonds. The lowest BCUT2D eigenvalue weighted by molar-refractivity contribution is -0.384. The van der Waals surface area contributed by atoms with E-state index in [4.69, 9.17) is 25.7 Å². The Kier molecular flexibility index (Phi) is 5.68. The van der Waals surface area contributed by atoms with Crippen molar-refractivity contribution in [3.05, 3.63) is 93.8 Å². The zero-order valence-corrected chi connectivity index (χ0v) is 19.0. The highest BCUT2D eigenvalue weighted by molar-refractivity contribution is 6.32. The molecule has 1 N–H and O–H groups in total. The number of nitro benzene ring substituents is 1. The first-order chi connectivity index (χ1) is 16.9. The molecule has 5 aromatic rings. The SMILES string of the molecule is COc1cc(-c2nc3ccccn3c2/N=C/c2ccc(-c3ccc(Cl)c([N+](=O)[O-])c3)o2)ccc1O. The lowest BCUT2D eigenvalue weighted by Gasteiger charge is -2.05. The number of aromatic hydroxyl groups is 1. The Hall–Kier alpha value is -4.63. The Morgan fingerprint density at radius 2 is 1.97 bits per heavy atom. The van der Waals surface area contributed by atoms with Gasteiger partial charge in [-0.1, -0.05) is 17.7 Å². The van der Waals surface area contributed by atoms with Crippen molar-refractivity contribution in [3.63, 3.8) is 0 Å². The minimum Gasteiger partial charge on any atom is -0.504 e. The van der Waals surface area contributed by atoms with E-state index in [0.717, 1.165) is 0 Å². The van der Waals surface area contributed by atoms with Gasteiger partial charge in [0, 0.05) is 23.4 Å². The first-order valence-corrected chi connectivity index (χ1v) is 10.7. The summed E-state index contributed by atoms with van der Waals surface area (Å²) in [5.41, 5.74) is 2.31. The number of ether oxygens (including phenoxy) is 1. The second-order valence-corrected chi connectivity index (χ2v) is 7.89. The van der Waals surface area contributed by atoms with Crippen LogP contribution in [-0.2, 0) is 0 Å². The van der Waals surface area contributed by atoms with Crippen molar-refractivity contribution in [3.8, 4) is 34.1 Å². The average molecular weight is 489 g/mol. The zero-order valence-electron chi connectivity index (χ0n) is 18.3. The van der Waals surface area contributed by atoms with E-state index in [0.29, 0.717) is 45.6 Å². The molecule has 0 atom stereocenters. The molecule has 0 aliphatic rings. The maximum atomic E-state index is 11.2. The number of hydrogen-bond acceptors (Lipinski definition) is 7. The first kappa shape index (κ1) is 22.2. The quantitative estimate of drug-likeness (QED) is 0.171. The number of methoxy groups -OCH3 is 1. The average Bonchev–Trinajstić information content (AvgIpc) is 3.48. The van der Waals surface area contributed by atoms with Crippen LogP contribution < -0.4 is 4.74 Å². The Morgan fingerprint density at radius 3 is 2.77 bits per heavy atom. The van der Waals surface area contributed by atoms with Crippen LogP contribution in [-0.4, -0.2) is 32.7 Å². The molecule has 0 saturated carbocycles. The number of aliphatic imine (C=N–C) groups is 1. The third-order valence-corrected chi connectivity index (χ3v) is 5.65. The number of rotatable bonds is 6. The van der Waals surface area contributed by atoms with Crippen LogP contribution >= 0.6 is 11.6 Å². The summed E-state index contributed by atoms with van der Waals surface area (Å²) in [6, 6.07) is 18.5. The van der Waals surface area contributed by atoms with Crippen LogP contribution in [0.25, 0.3) is 28.2 Å². The highest BCUT2D eigenvalue weighted by atomic mass is 35.5. The topological polar surface area (TPSA) is 115 Å². The van der Waals surface area contributed by atoms with Crippen molar-refractivity contribution < 1.29 is 19.2 Å². The number of nitrogens with zero attached hydrogens (tertiary/aromatic N) is 4. The molecule has 174 valence electrons. The van der Waals surface area contributed by atoms with Crippen LogP contribution in [0.1, 0.15) is 5.76 Å². The van der Waals surface area contributed by atoms with E-state index in [9.17, 15) is 15.2 Å². The van der Waals surface area contributed by atoms with E-state index in [-0.39, 0.29) is 16.5 Å². The molecule has 0 radical (unpaired) electrons. The number of halogens is 1. The number of fused-ring (bicyclic) bond motifs is 1. The molecule has 0 bridgehead atoms. The Morgan fingerprint density at radius 1 is 1.14 bits per heavy atom. The number of hydrogen-bond donors (Lipinski definition) is 1. The second kappa shape index (κ2) is 8.96. The second-order valence-electron chi connectivity index (χ2n) is 7.48. The molecular formula is C25H17ClN4O5. The molecule has 0 aliphatic carbocycles. The van der Waals surface area contributed by atoms with Gasteiger partial charge in [0.05, 0.1) is 18.2 Å². The van der Waals surface area contributed by atoms with Gasteiger partial charge in [0.1, 0.15) is 27.9 Å². The van der Waals surface area contributed by atoms with Crippen molar-refractivity contribution >= 4 is 35.0 Å². The summed E-state index contributed by atoms with van der Waals surface area (Å²) in [4.78, 5) is 20.0. The first-order valence-electron chi connectivity index (χ1n) is 10.4. The number of imidazole rings is 1. The third kappa shape index (κ3) is 4.20. The molecule has 10 heteroatoms. The highest BCUT2D eigenvalue weighted by Crippen LogP contribution is 2.36. The summed E-state index contributed by atoms with van der Waals surface area (Å²) in [5, 5.41) is 21.2. The molecule has 5 rings (SSSR count). The number of phenolic OH excluding ortho intramolecular Hbond substituents is 1. The predicted octanol–water partition coefficient (Wildman–Crippen LogP) is 6.29. The van der Waals surface area contributed by atoms with Gasteiger partial charge in [-0.25, -0.2) is 9.98 Å². The van der Waals surface area contributed by atoms with E-state index in [1.165, 1.54) is 25.3 Å². The number of phenols is 1. The molecule has 0 fully saturated rings. The van der Waals surface area contributed by atoms with Gasteiger partial charge in [-0.2, -0.15) is 0 Å². The Balaban J connectivity index is 1.53. The number of furan rings is 1. The van der Waals surface area contributed by atoms with Crippen LogP contribution in [0.15, 0.2) is 82.3 Å². The molecular weight excluding hydrogens is 472 g/mol. The Bertz CT molecular complexity index is 1610. The molecule has 0 spiro atoms. The summed E-state index contributed by atoms with van der Waals surface area (Å²) < 4.78 is 12.9. The number of benzene rings is 2. The van der Waals surface area contributed by atoms with Gasteiger partial charge in [-0.15, -0.1) is 0 Å². The summed E-state index contributed by atoms with van der Waals surface area (Å²) in [6.45, 7) is 0. The van der Waals surface area contributed by atoms with Crippen LogP contribution in [0.3, 0.4) is 0 Å². The van der Waals surface area contributed by atoms with Gasteiger partial charge in [-0.3, -0.25) is 14.5 Å². The maximum absolute atomic E-state index is 11.2. The molecule has 0 unspecified atom stereocenters. The van der Waals surface area contributed by atoms with Gasteiger partial charge in [0.25, 0.3) is 5.69 Å². The fourth-order valence-electron chi connectivity index (χ4n) is 3.63. The highest BCUT2D eigenvalue weighted by Gasteiger charge is 2.17. The minimum atomic E-state index is -0.540. The van der Waals surface area contributed by atoms with Crippen molar-refractivity contribution in [1.29, 1.82) is 0 Å². The number of aromatic nitrogens is 2. The van der Waals surface area contributed by atoms with Crippen LogP contribution in [0, 0.1) is 10.1 Å². The lowest BCUT2D eigenvalue weighted by Crippen LogP contribution is -1.89. The number of pyridine rings is 1. The van der Waals surface area contributed by atoms with Crippen molar-refractivity contribution in [2.24, 2.45) is 4.99 Å². The van der Waals surface area contributed by atoms with Crippen LogP contribution in [0.5, 0.6) is 11.5 Å². The van der Waals surface area contributed by atoms with Crippen LogP contribution in [0.2, 0.25) is 5.02 Å². The standard InChI is InChI=1S/C25H17ClN4O5/c1-34-22-13-16(6-9-20(22)31)24-25(29-11-3-2-4-23(29)28-24)27-14-17-7-10-21(35-17)15-5-8-18(26)19(12-15)30(32)33/h2-14,31H,1H3/b27-14+. The van der Waals surface area contributed by atoms with E-state index >= 15 is 0 Å². The third-order valence-electron chi connectivity index (χ3n) is 5.33. The van der Waals surface area contributed by atoms with E-state index in [2.05, 4.69) is 4.99 Å². The van der Waals surface area contributed by atoms with Gasteiger partial charge in [0.2, 0.25) is 0 Å². The summed E-state index contributed by atoms with van der Waals surface area (Å²) in [6.07, 6.45) is 3.39. The molecule has 3 heterocycles. The van der Waals surface area contributed by atoms with E-state index in [1.807, 2.05) is 28.8 Å². The molecule has 2 aromatic carbocycles. The van der Waals surface area contributed by atoms with Crippen molar-refractivity contribution in [1.82, 2.24) is 9.38 Å². The van der Waals surface area contributed by atoms with Crippen molar-refractivity contribution in [2.45, 2.75) is 0 Å². The fraction of sp³-hybridized carbons (Fsp3) is 0.0400. The van der Waals surface area contributed by atoms with E-state index in [1.54, 1.807) is 36.5 Å².